The number of carbonyl (C=O) groups is 1. The van der Waals surface area contributed by atoms with Gasteiger partial charge in [0.25, 0.3) is 5.91 Å². The SMILES string of the molecule is O=C(Nc1cccc(Cl)c1)c1ccc(CN2CCN(c3ccc(F)cc3)CC2)o1. The Balaban J connectivity index is 1.30. The second-order valence-electron chi connectivity index (χ2n) is 6.97. The van der Waals surface area contributed by atoms with Gasteiger partial charge in [-0.25, -0.2) is 4.39 Å². The average molecular weight is 414 g/mol. The molecule has 1 amide bonds. The molecule has 150 valence electrons. The van der Waals surface area contributed by atoms with Crippen LogP contribution in [0, 0.1) is 5.82 Å². The Bertz CT molecular complexity index is 982. The minimum Gasteiger partial charge on any atom is -0.455 e. The summed E-state index contributed by atoms with van der Waals surface area (Å²) >= 11 is 5.94. The second kappa shape index (κ2) is 8.68. The standard InChI is InChI=1S/C22H21ClFN3O2/c23-16-2-1-3-18(14-16)25-22(28)21-9-8-20(29-21)15-26-10-12-27(13-11-26)19-6-4-17(24)5-7-19/h1-9,14H,10-13,15H2,(H,25,28). The van der Waals surface area contributed by atoms with E-state index in [2.05, 4.69) is 15.1 Å². The molecule has 1 N–H and O–H groups in total. The zero-order chi connectivity index (χ0) is 20.2. The monoisotopic (exact) mass is 413 g/mol. The Labute approximate surface area is 173 Å². The van der Waals surface area contributed by atoms with Crippen molar-refractivity contribution in [1.29, 1.82) is 0 Å². The highest BCUT2D eigenvalue weighted by atomic mass is 35.5. The molecule has 0 unspecified atom stereocenters. The lowest BCUT2D eigenvalue weighted by atomic mass is 10.2. The van der Waals surface area contributed by atoms with Crippen LogP contribution in [0.15, 0.2) is 65.1 Å². The molecule has 1 aromatic heterocycles. The van der Waals surface area contributed by atoms with Crippen LogP contribution in [0.1, 0.15) is 16.3 Å². The Morgan fingerprint density at radius 1 is 1.03 bits per heavy atom. The number of nitrogens with zero attached hydrogens (tertiary/aromatic N) is 2. The number of hydrogen-bond donors (Lipinski definition) is 1. The van der Waals surface area contributed by atoms with Gasteiger partial charge < -0.3 is 14.6 Å². The summed E-state index contributed by atoms with van der Waals surface area (Å²) in [5.41, 5.74) is 1.65. The third-order valence-electron chi connectivity index (χ3n) is 4.91. The highest BCUT2D eigenvalue weighted by molar-refractivity contribution is 6.30. The zero-order valence-electron chi connectivity index (χ0n) is 15.8. The fourth-order valence-electron chi connectivity index (χ4n) is 3.38. The lowest BCUT2D eigenvalue weighted by Crippen LogP contribution is -2.45. The molecule has 1 aliphatic heterocycles. The lowest BCUT2D eigenvalue weighted by molar-refractivity contribution is 0.0992. The number of benzene rings is 2. The summed E-state index contributed by atoms with van der Waals surface area (Å²) in [5.74, 6) is 0.487. The zero-order valence-corrected chi connectivity index (χ0v) is 16.5. The summed E-state index contributed by atoms with van der Waals surface area (Å²) in [6.07, 6.45) is 0. The van der Waals surface area contributed by atoms with Crippen molar-refractivity contribution >= 4 is 28.9 Å². The van der Waals surface area contributed by atoms with Gasteiger partial charge in [-0.2, -0.15) is 0 Å². The molecular weight excluding hydrogens is 393 g/mol. The van der Waals surface area contributed by atoms with Crippen LogP contribution in [-0.4, -0.2) is 37.0 Å². The second-order valence-corrected chi connectivity index (χ2v) is 7.41. The third-order valence-corrected chi connectivity index (χ3v) is 5.15. The largest absolute Gasteiger partial charge is 0.455 e. The van der Waals surface area contributed by atoms with Crippen LogP contribution in [0.2, 0.25) is 5.02 Å². The van der Waals surface area contributed by atoms with Gasteiger partial charge in [-0.15, -0.1) is 0 Å². The van der Waals surface area contributed by atoms with Gasteiger partial charge in [0, 0.05) is 42.6 Å². The molecule has 0 spiro atoms. The van der Waals surface area contributed by atoms with E-state index in [9.17, 15) is 9.18 Å². The van der Waals surface area contributed by atoms with E-state index in [0.29, 0.717) is 17.3 Å². The van der Waals surface area contributed by atoms with Crippen LogP contribution in [0.25, 0.3) is 0 Å². The van der Waals surface area contributed by atoms with Gasteiger partial charge >= 0.3 is 0 Å². The number of carbonyl (C=O) groups excluding carboxylic acids is 1. The number of hydrogen-bond acceptors (Lipinski definition) is 4. The molecule has 4 rings (SSSR count). The number of halogens is 2. The first-order valence-electron chi connectivity index (χ1n) is 9.45. The average Bonchev–Trinajstić information content (AvgIpc) is 3.18. The third kappa shape index (κ3) is 4.96. The van der Waals surface area contributed by atoms with Crippen molar-refractivity contribution < 1.29 is 13.6 Å². The number of anilines is 2. The van der Waals surface area contributed by atoms with Crippen molar-refractivity contribution in [2.45, 2.75) is 6.54 Å². The van der Waals surface area contributed by atoms with Crippen LogP contribution < -0.4 is 10.2 Å². The van der Waals surface area contributed by atoms with E-state index in [0.717, 1.165) is 37.6 Å². The number of amides is 1. The molecular formula is C22H21ClFN3O2. The summed E-state index contributed by atoms with van der Waals surface area (Å²) in [7, 11) is 0. The molecule has 0 aliphatic carbocycles. The maximum absolute atomic E-state index is 13.1. The van der Waals surface area contributed by atoms with Crippen LogP contribution in [-0.2, 0) is 6.54 Å². The molecule has 29 heavy (non-hydrogen) atoms. The molecule has 0 radical (unpaired) electrons. The Morgan fingerprint density at radius 3 is 2.52 bits per heavy atom. The fraction of sp³-hybridized carbons (Fsp3) is 0.227. The van der Waals surface area contributed by atoms with Crippen molar-refractivity contribution in [2.75, 3.05) is 36.4 Å². The highest BCUT2D eigenvalue weighted by Gasteiger charge is 2.19. The van der Waals surface area contributed by atoms with Crippen molar-refractivity contribution in [3.05, 3.63) is 83.0 Å². The van der Waals surface area contributed by atoms with Gasteiger partial charge in [0.1, 0.15) is 11.6 Å². The molecule has 3 aromatic rings. The van der Waals surface area contributed by atoms with E-state index in [4.69, 9.17) is 16.0 Å². The summed E-state index contributed by atoms with van der Waals surface area (Å²) < 4.78 is 18.8. The molecule has 0 atom stereocenters. The van der Waals surface area contributed by atoms with Crippen LogP contribution in [0.4, 0.5) is 15.8 Å². The fourth-order valence-corrected chi connectivity index (χ4v) is 3.57. The minimum atomic E-state index is -0.306. The molecule has 2 aromatic carbocycles. The first-order valence-corrected chi connectivity index (χ1v) is 9.83. The van der Waals surface area contributed by atoms with Crippen molar-refractivity contribution in [3.63, 3.8) is 0 Å². The Kier molecular flexibility index (Phi) is 5.83. The van der Waals surface area contributed by atoms with E-state index in [1.54, 1.807) is 30.3 Å². The summed E-state index contributed by atoms with van der Waals surface area (Å²) in [5, 5.41) is 3.34. The maximum Gasteiger partial charge on any atom is 0.291 e. The van der Waals surface area contributed by atoms with E-state index in [1.807, 2.05) is 18.2 Å². The van der Waals surface area contributed by atoms with Crippen molar-refractivity contribution in [1.82, 2.24) is 4.90 Å². The molecule has 7 heteroatoms. The predicted molar refractivity (Wildman–Crippen MR) is 112 cm³/mol. The van der Waals surface area contributed by atoms with Crippen molar-refractivity contribution in [3.8, 4) is 0 Å². The number of rotatable bonds is 5. The number of furan rings is 1. The van der Waals surface area contributed by atoms with Gasteiger partial charge in [0.2, 0.25) is 0 Å². The smallest absolute Gasteiger partial charge is 0.291 e. The molecule has 1 aliphatic rings. The van der Waals surface area contributed by atoms with E-state index in [-0.39, 0.29) is 17.5 Å². The van der Waals surface area contributed by atoms with Gasteiger partial charge in [-0.05, 0) is 54.6 Å². The summed E-state index contributed by atoms with van der Waals surface area (Å²) in [6, 6.07) is 17.1. The molecule has 2 heterocycles. The van der Waals surface area contributed by atoms with Gasteiger partial charge in [0.05, 0.1) is 6.54 Å². The highest BCUT2D eigenvalue weighted by Crippen LogP contribution is 2.20. The molecule has 1 fully saturated rings. The molecule has 1 saturated heterocycles. The first kappa shape index (κ1) is 19.5. The van der Waals surface area contributed by atoms with Crippen molar-refractivity contribution in [2.24, 2.45) is 0 Å². The molecule has 0 bridgehead atoms. The molecule has 0 saturated carbocycles. The van der Waals surface area contributed by atoms with E-state index < -0.39 is 0 Å². The van der Waals surface area contributed by atoms with E-state index >= 15 is 0 Å². The maximum atomic E-state index is 13.1. The predicted octanol–water partition coefficient (Wildman–Crippen LogP) is 4.65. The summed E-state index contributed by atoms with van der Waals surface area (Å²) in [4.78, 5) is 16.9. The van der Waals surface area contributed by atoms with Gasteiger partial charge in [0.15, 0.2) is 5.76 Å². The van der Waals surface area contributed by atoms with Crippen LogP contribution in [0.5, 0.6) is 0 Å². The van der Waals surface area contributed by atoms with E-state index in [1.165, 1.54) is 12.1 Å². The first-order chi connectivity index (χ1) is 14.1. The summed E-state index contributed by atoms with van der Waals surface area (Å²) in [6.45, 7) is 4.08. The number of piperazine rings is 1. The Morgan fingerprint density at radius 2 is 1.79 bits per heavy atom. The minimum absolute atomic E-state index is 0.222. The quantitative estimate of drug-likeness (QED) is 0.661. The lowest BCUT2D eigenvalue weighted by Gasteiger charge is -2.35. The van der Waals surface area contributed by atoms with Crippen LogP contribution in [0.3, 0.4) is 0 Å². The molecule has 5 nitrogen and oxygen atoms in total. The van der Waals surface area contributed by atoms with Gasteiger partial charge in [-0.1, -0.05) is 17.7 Å². The number of nitrogens with one attached hydrogen (secondary N) is 1. The Hall–Kier alpha value is -2.83. The van der Waals surface area contributed by atoms with Crippen LogP contribution >= 0.6 is 11.6 Å². The normalized spacial score (nSPS) is 14.8. The topological polar surface area (TPSA) is 48.7 Å². The van der Waals surface area contributed by atoms with Gasteiger partial charge in [-0.3, -0.25) is 9.69 Å².